The van der Waals surface area contributed by atoms with Gasteiger partial charge >= 0.3 is 5.97 Å². The molecule has 142 valence electrons. The molecule has 0 saturated carbocycles. The maximum absolute atomic E-state index is 11.9. The van der Waals surface area contributed by atoms with Crippen LogP contribution in [-0.4, -0.2) is 48.1 Å². The zero-order valence-electron chi connectivity index (χ0n) is 15.1. The molecule has 0 bridgehead atoms. The van der Waals surface area contributed by atoms with Crippen molar-refractivity contribution in [3.8, 4) is 0 Å². The lowest BCUT2D eigenvalue weighted by Crippen LogP contribution is -2.22. The maximum Gasteiger partial charge on any atom is 0.308 e. The molecule has 0 radical (unpaired) electrons. The summed E-state index contributed by atoms with van der Waals surface area (Å²) in [5, 5.41) is 5.63. The van der Waals surface area contributed by atoms with Gasteiger partial charge in [0.25, 0.3) is 5.91 Å². The fraction of sp³-hybridized carbons (Fsp3) is 0.368. The number of esters is 1. The minimum Gasteiger partial charge on any atom is -0.456 e. The van der Waals surface area contributed by atoms with Gasteiger partial charge in [0.15, 0.2) is 6.61 Å². The van der Waals surface area contributed by atoms with Crippen LogP contribution >= 0.6 is 0 Å². The van der Waals surface area contributed by atoms with Crippen molar-refractivity contribution in [1.82, 2.24) is 9.97 Å². The van der Waals surface area contributed by atoms with Gasteiger partial charge in [0.2, 0.25) is 5.95 Å². The van der Waals surface area contributed by atoms with E-state index in [1.165, 1.54) is 12.8 Å². The van der Waals surface area contributed by atoms with Crippen LogP contribution in [0.1, 0.15) is 19.3 Å². The smallest absolute Gasteiger partial charge is 0.308 e. The van der Waals surface area contributed by atoms with Crippen molar-refractivity contribution in [2.45, 2.75) is 19.3 Å². The molecule has 27 heavy (non-hydrogen) atoms. The van der Waals surface area contributed by atoms with Crippen molar-refractivity contribution in [3.63, 3.8) is 0 Å². The van der Waals surface area contributed by atoms with E-state index in [0.717, 1.165) is 18.8 Å². The van der Waals surface area contributed by atoms with Crippen LogP contribution in [0.5, 0.6) is 0 Å². The summed E-state index contributed by atoms with van der Waals surface area (Å²) in [5.74, 6) is -0.380. The van der Waals surface area contributed by atoms with Gasteiger partial charge in [0.1, 0.15) is 0 Å². The van der Waals surface area contributed by atoms with Gasteiger partial charge in [-0.25, -0.2) is 9.97 Å². The molecule has 1 amide bonds. The summed E-state index contributed by atoms with van der Waals surface area (Å²) in [7, 11) is 0. The van der Waals surface area contributed by atoms with Crippen LogP contribution in [-0.2, 0) is 14.3 Å². The predicted molar refractivity (Wildman–Crippen MR) is 103 cm³/mol. The molecule has 1 aromatic carbocycles. The zero-order chi connectivity index (χ0) is 18.9. The Bertz CT molecular complexity index is 746. The molecule has 2 heterocycles. The molecule has 1 saturated heterocycles. The molecule has 3 rings (SSSR count). The number of amides is 1. The maximum atomic E-state index is 11.9. The van der Waals surface area contributed by atoms with Crippen LogP contribution in [0.15, 0.2) is 42.7 Å². The lowest BCUT2D eigenvalue weighted by Gasteiger charge is -2.17. The average molecular weight is 369 g/mol. The summed E-state index contributed by atoms with van der Waals surface area (Å²) in [5.41, 5.74) is 1.84. The Morgan fingerprint density at radius 3 is 2.48 bits per heavy atom. The normalized spacial score (nSPS) is 13.3. The van der Waals surface area contributed by atoms with Crippen LogP contribution in [0.2, 0.25) is 0 Å². The first kappa shape index (κ1) is 18.6. The SMILES string of the molecule is O=C(COC(=O)CCNc1ncccn1)Nc1ccc(N2CCCC2)cc1. The number of carbonyl (C=O) groups excluding carboxylic acids is 2. The van der Waals surface area contributed by atoms with E-state index in [1.807, 2.05) is 24.3 Å². The number of benzene rings is 1. The van der Waals surface area contributed by atoms with Crippen LogP contribution < -0.4 is 15.5 Å². The Kier molecular flexibility index (Phi) is 6.56. The van der Waals surface area contributed by atoms with Gasteiger partial charge in [0, 0.05) is 43.4 Å². The Morgan fingerprint density at radius 2 is 1.78 bits per heavy atom. The van der Waals surface area contributed by atoms with Crippen LogP contribution in [0.3, 0.4) is 0 Å². The molecule has 0 aliphatic carbocycles. The van der Waals surface area contributed by atoms with E-state index < -0.39 is 5.97 Å². The van der Waals surface area contributed by atoms with Gasteiger partial charge in [-0.05, 0) is 43.2 Å². The van der Waals surface area contributed by atoms with Crippen molar-refractivity contribution >= 4 is 29.2 Å². The summed E-state index contributed by atoms with van der Waals surface area (Å²) < 4.78 is 4.98. The van der Waals surface area contributed by atoms with E-state index in [0.29, 0.717) is 18.2 Å². The summed E-state index contributed by atoms with van der Waals surface area (Å²) in [6, 6.07) is 9.40. The molecule has 1 fully saturated rings. The highest BCUT2D eigenvalue weighted by Crippen LogP contribution is 2.21. The highest BCUT2D eigenvalue weighted by atomic mass is 16.5. The van der Waals surface area contributed by atoms with Crippen molar-refractivity contribution in [3.05, 3.63) is 42.7 Å². The largest absolute Gasteiger partial charge is 0.456 e. The lowest BCUT2D eigenvalue weighted by atomic mass is 10.2. The van der Waals surface area contributed by atoms with Crippen molar-refractivity contribution < 1.29 is 14.3 Å². The van der Waals surface area contributed by atoms with E-state index in [1.54, 1.807) is 18.5 Å². The third-order valence-corrected chi connectivity index (χ3v) is 4.16. The van der Waals surface area contributed by atoms with Gasteiger partial charge in [0.05, 0.1) is 6.42 Å². The van der Waals surface area contributed by atoms with Gasteiger partial charge in [-0.3, -0.25) is 9.59 Å². The number of hydrogen-bond acceptors (Lipinski definition) is 7. The minimum absolute atomic E-state index is 0.121. The Morgan fingerprint density at radius 1 is 1.07 bits per heavy atom. The molecule has 1 aliphatic rings. The van der Waals surface area contributed by atoms with Gasteiger partial charge in [-0.1, -0.05) is 0 Å². The molecule has 8 nitrogen and oxygen atoms in total. The van der Waals surface area contributed by atoms with Crippen molar-refractivity contribution in [2.24, 2.45) is 0 Å². The Balaban J connectivity index is 1.34. The molecular formula is C19H23N5O3. The molecule has 0 spiro atoms. The predicted octanol–water partition coefficient (Wildman–Crippen LogP) is 2.06. The quantitative estimate of drug-likeness (QED) is 0.688. The van der Waals surface area contributed by atoms with Gasteiger partial charge < -0.3 is 20.3 Å². The summed E-state index contributed by atoms with van der Waals surface area (Å²) >= 11 is 0. The van der Waals surface area contributed by atoms with Crippen molar-refractivity contribution in [2.75, 3.05) is 41.8 Å². The van der Waals surface area contributed by atoms with Gasteiger partial charge in [-0.2, -0.15) is 0 Å². The molecule has 8 heteroatoms. The van der Waals surface area contributed by atoms with Crippen molar-refractivity contribution in [1.29, 1.82) is 0 Å². The van der Waals surface area contributed by atoms with E-state index >= 15 is 0 Å². The fourth-order valence-electron chi connectivity index (χ4n) is 2.81. The Hall–Kier alpha value is -3.16. The molecule has 0 unspecified atom stereocenters. The van der Waals surface area contributed by atoms with Crippen LogP contribution in [0.4, 0.5) is 17.3 Å². The summed E-state index contributed by atoms with van der Waals surface area (Å²) in [6.07, 6.45) is 5.77. The fourth-order valence-corrected chi connectivity index (χ4v) is 2.81. The molecule has 2 N–H and O–H groups in total. The second-order valence-corrected chi connectivity index (χ2v) is 6.20. The summed E-state index contributed by atoms with van der Waals surface area (Å²) in [4.78, 5) is 33.9. The zero-order valence-corrected chi connectivity index (χ0v) is 15.1. The lowest BCUT2D eigenvalue weighted by molar-refractivity contribution is -0.147. The number of aromatic nitrogens is 2. The minimum atomic E-state index is -0.460. The standard InChI is InChI=1S/C19H23N5O3/c25-17(14-27-18(26)8-11-22-19-20-9-3-10-21-19)23-15-4-6-16(7-5-15)24-12-1-2-13-24/h3-7,9-10H,1-2,8,11-14H2,(H,23,25)(H,20,21,22). The first-order valence-electron chi connectivity index (χ1n) is 9.02. The molecule has 1 aliphatic heterocycles. The Labute approximate surface area is 158 Å². The molecule has 1 aromatic heterocycles. The molecule has 2 aromatic rings. The number of anilines is 3. The average Bonchev–Trinajstić information content (AvgIpc) is 3.23. The molecule has 0 atom stereocenters. The number of nitrogens with one attached hydrogen (secondary N) is 2. The first-order chi connectivity index (χ1) is 13.2. The van der Waals surface area contributed by atoms with Crippen LogP contribution in [0, 0.1) is 0 Å². The van der Waals surface area contributed by atoms with E-state index in [2.05, 4.69) is 25.5 Å². The number of rotatable bonds is 8. The number of nitrogens with zero attached hydrogens (tertiary/aromatic N) is 3. The van der Waals surface area contributed by atoms with E-state index in [9.17, 15) is 9.59 Å². The monoisotopic (exact) mass is 369 g/mol. The number of ether oxygens (including phenoxy) is 1. The number of hydrogen-bond donors (Lipinski definition) is 2. The second-order valence-electron chi connectivity index (χ2n) is 6.20. The van der Waals surface area contributed by atoms with Gasteiger partial charge in [-0.15, -0.1) is 0 Å². The highest BCUT2D eigenvalue weighted by molar-refractivity contribution is 5.93. The highest BCUT2D eigenvalue weighted by Gasteiger charge is 2.12. The second kappa shape index (κ2) is 9.51. The number of carbonyl (C=O) groups is 2. The van der Waals surface area contributed by atoms with Crippen LogP contribution in [0.25, 0.3) is 0 Å². The topological polar surface area (TPSA) is 96.5 Å². The third kappa shape index (κ3) is 5.95. The molecular weight excluding hydrogens is 346 g/mol. The summed E-state index contributed by atoms with van der Waals surface area (Å²) in [6.45, 7) is 2.18. The van der Waals surface area contributed by atoms with E-state index in [4.69, 9.17) is 4.74 Å². The third-order valence-electron chi connectivity index (χ3n) is 4.16. The first-order valence-corrected chi connectivity index (χ1v) is 9.02. The van der Waals surface area contributed by atoms with E-state index in [-0.39, 0.29) is 18.9 Å².